The number of rotatable bonds is 4. The fourth-order valence-electron chi connectivity index (χ4n) is 2.74. The van der Waals surface area contributed by atoms with Gasteiger partial charge in [0.2, 0.25) is 11.9 Å². The molecule has 0 fully saturated rings. The Morgan fingerprint density at radius 3 is 2.85 bits per heavy atom. The van der Waals surface area contributed by atoms with E-state index >= 15 is 0 Å². The van der Waals surface area contributed by atoms with Crippen LogP contribution in [-0.4, -0.2) is 25.8 Å². The molecular weight excluding hydrogens is 352 g/mol. The predicted molar refractivity (Wildman–Crippen MR) is 95.8 cm³/mol. The molecule has 0 saturated heterocycles. The van der Waals surface area contributed by atoms with E-state index in [4.69, 9.17) is 0 Å². The maximum Gasteiger partial charge on any atom is 0.231 e. The molecule has 27 heavy (non-hydrogen) atoms. The van der Waals surface area contributed by atoms with Crippen molar-refractivity contribution in [1.82, 2.24) is 19.9 Å². The molecule has 3 aromatic heterocycles. The summed E-state index contributed by atoms with van der Waals surface area (Å²) in [6.45, 7) is 0. The summed E-state index contributed by atoms with van der Waals surface area (Å²) in [6.07, 6.45) is 4.73. The Balaban J connectivity index is 1.55. The average Bonchev–Trinajstić information content (AvgIpc) is 3.08. The Hall–Kier alpha value is -3.68. The zero-order valence-electron chi connectivity index (χ0n) is 13.9. The predicted octanol–water partition coefficient (Wildman–Crippen LogP) is 3.48. The molecule has 1 aromatic carbocycles. The molecule has 0 radical (unpaired) electrons. The fourth-order valence-corrected chi connectivity index (χ4v) is 2.74. The van der Waals surface area contributed by atoms with Gasteiger partial charge in [-0.1, -0.05) is 6.07 Å². The molecule has 3 heterocycles. The van der Waals surface area contributed by atoms with Crippen molar-refractivity contribution in [3.8, 4) is 11.3 Å². The summed E-state index contributed by atoms with van der Waals surface area (Å²) >= 11 is 0. The molecule has 0 aliphatic heterocycles. The van der Waals surface area contributed by atoms with E-state index in [-0.39, 0.29) is 17.9 Å². The van der Waals surface area contributed by atoms with Crippen molar-refractivity contribution in [3.05, 3.63) is 72.2 Å². The van der Waals surface area contributed by atoms with Gasteiger partial charge in [-0.25, -0.2) is 23.7 Å². The van der Waals surface area contributed by atoms with Crippen LogP contribution in [0, 0.1) is 11.6 Å². The third kappa shape index (κ3) is 3.50. The molecule has 134 valence electrons. The highest BCUT2D eigenvalue weighted by molar-refractivity contribution is 5.93. The van der Waals surface area contributed by atoms with Crippen molar-refractivity contribution in [2.24, 2.45) is 0 Å². The number of anilines is 1. The summed E-state index contributed by atoms with van der Waals surface area (Å²) < 4.78 is 26.6. The van der Waals surface area contributed by atoms with E-state index in [2.05, 4.69) is 25.3 Å². The molecule has 0 saturated carbocycles. The minimum absolute atomic E-state index is 0.0905. The van der Waals surface area contributed by atoms with Crippen LogP contribution in [0.3, 0.4) is 0 Å². The van der Waals surface area contributed by atoms with E-state index in [9.17, 15) is 13.6 Å². The number of hydrogen-bond donors (Lipinski definition) is 2. The number of aromatic amines is 1. The lowest BCUT2D eigenvalue weighted by molar-refractivity contribution is -0.115. The number of amides is 1. The Bertz CT molecular complexity index is 1140. The minimum Gasteiger partial charge on any atom is -0.345 e. The summed E-state index contributed by atoms with van der Waals surface area (Å²) in [4.78, 5) is 27.8. The second kappa shape index (κ2) is 6.91. The molecule has 0 aliphatic carbocycles. The molecule has 1 amide bonds. The van der Waals surface area contributed by atoms with Gasteiger partial charge in [0.25, 0.3) is 0 Å². The van der Waals surface area contributed by atoms with E-state index in [1.807, 2.05) is 12.1 Å². The molecule has 4 rings (SSSR count). The zero-order chi connectivity index (χ0) is 18.8. The van der Waals surface area contributed by atoms with Crippen molar-refractivity contribution in [2.45, 2.75) is 6.42 Å². The summed E-state index contributed by atoms with van der Waals surface area (Å²) in [5.74, 6) is -1.87. The van der Waals surface area contributed by atoms with Crippen molar-refractivity contribution in [2.75, 3.05) is 5.32 Å². The fraction of sp³-hybridized carbons (Fsp3) is 0.0526. The normalized spacial score (nSPS) is 10.9. The van der Waals surface area contributed by atoms with Gasteiger partial charge in [-0.3, -0.25) is 10.1 Å². The molecule has 4 aromatic rings. The van der Waals surface area contributed by atoms with Crippen LogP contribution in [0.1, 0.15) is 5.56 Å². The first-order valence-corrected chi connectivity index (χ1v) is 8.09. The first kappa shape index (κ1) is 16.8. The number of pyridine rings is 1. The quantitative estimate of drug-likeness (QED) is 0.580. The lowest BCUT2D eigenvalue weighted by Crippen LogP contribution is -2.17. The van der Waals surface area contributed by atoms with Crippen molar-refractivity contribution in [1.29, 1.82) is 0 Å². The average molecular weight is 365 g/mol. The van der Waals surface area contributed by atoms with Crippen LogP contribution in [0.2, 0.25) is 0 Å². The standard InChI is InChI=1S/C19H13F2N5O/c20-12-4-3-11(15(21)9-12)8-17(27)26-19-23-7-5-16(25-19)14-10-24-18-13(14)2-1-6-22-18/h1-7,9-10H,8H2,(H,22,24)(H,23,25,26,27). The van der Waals surface area contributed by atoms with E-state index in [0.29, 0.717) is 5.69 Å². The summed E-state index contributed by atoms with van der Waals surface area (Å²) in [5.41, 5.74) is 2.24. The van der Waals surface area contributed by atoms with Gasteiger partial charge in [0.1, 0.15) is 17.3 Å². The molecule has 0 atom stereocenters. The molecule has 0 unspecified atom stereocenters. The maximum atomic E-state index is 13.7. The van der Waals surface area contributed by atoms with Crippen LogP contribution in [0.15, 0.2) is 55.0 Å². The van der Waals surface area contributed by atoms with Gasteiger partial charge < -0.3 is 4.98 Å². The first-order chi connectivity index (χ1) is 13.1. The number of aromatic nitrogens is 4. The lowest BCUT2D eigenvalue weighted by Gasteiger charge is -2.06. The summed E-state index contributed by atoms with van der Waals surface area (Å²) in [7, 11) is 0. The van der Waals surface area contributed by atoms with Crippen LogP contribution in [-0.2, 0) is 11.2 Å². The number of H-pyrrole nitrogens is 1. The number of carbonyl (C=O) groups is 1. The number of hydrogen-bond acceptors (Lipinski definition) is 4. The largest absolute Gasteiger partial charge is 0.345 e. The van der Waals surface area contributed by atoms with Gasteiger partial charge in [0.05, 0.1) is 12.1 Å². The zero-order valence-corrected chi connectivity index (χ0v) is 13.9. The molecule has 2 N–H and O–H groups in total. The Morgan fingerprint density at radius 2 is 2.00 bits per heavy atom. The summed E-state index contributed by atoms with van der Waals surface area (Å²) in [6, 6.07) is 8.52. The molecule has 0 bridgehead atoms. The smallest absolute Gasteiger partial charge is 0.231 e. The van der Waals surface area contributed by atoms with Crippen molar-refractivity contribution >= 4 is 22.9 Å². The van der Waals surface area contributed by atoms with Crippen molar-refractivity contribution in [3.63, 3.8) is 0 Å². The molecule has 6 nitrogen and oxygen atoms in total. The van der Waals surface area contributed by atoms with E-state index in [1.165, 1.54) is 12.3 Å². The third-order valence-electron chi connectivity index (χ3n) is 4.00. The molecular formula is C19H13F2N5O. The van der Waals surface area contributed by atoms with Gasteiger partial charge in [-0.15, -0.1) is 0 Å². The molecule has 8 heteroatoms. The number of nitrogens with zero attached hydrogens (tertiary/aromatic N) is 3. The van der Waals surface area contributed by atoms with Crippen LogP contribution in [0.5, 0.6) is 0 Å². The third-order valence-corrected chi connectivity index (χ3v) is 4.00. The van der Waals surface area contributed by atoms with Crippen LogP contribution in [0.4, 0.5) is 14.7 Å². The van der Waals surface area contributed by atoms with Gasteiger partial charge in [0, 0.05) is 35.6 Å². The second-order valence-corrected chi connectivity index (χ2v) is 5.83. The number of carbonyl (C=O) groups excluding carboxylic acids is 1. The SMILES string of the molecule is O=C(Cc1ccc(F)cc1F)Nc1nccc(-c2c[nH]c3ncccc23)n1. The maximum absolute atomic E-state index is 13.7. The van der Waals surface area contributed by atoms with Gasteiger partial charge in [0.15, 0.2) is 0 Å². The Morgan fingerprint density at radius 1 is 1.11 bits per heavy atom. The van der Waals surface area contributed by atoms with Gasteiger partial charge in [-0.2, -0.15) is 0 Å². The number of fused-ring (bicyclic) bond motifs is 1. The topological polar surface area (TPSA) is 83.6 Å². The van der Waals surface area contributed by atoms with E-state index < -0.39 is 17.5 Å². The monoisotopic (exact) mass is 365 g/mol. The first-order valence-electron chi connectivity index (χ1n) is 8.09. The van der Waals surface area contributed by atoms with Gasteiger partial charge in [-0.05, 0) is 29.8 Å². The van der Waals surface area contributed by atoms with Crippen LogP contribution >= 0.6 is 0 Å². The minimum atomic E-state index is -0.772. The highest BCUT2D eigenvalue weighted by atomic mass is 19.1. The Kier molecular flexibility index (Phi) is 4.29. The molecule has 0 spiro atoms. The second-order valence-electron chi connectivity index (χ2n) is 5.83. The number of nitrogens with one attached hydrogen (secondary N) is 2. The van der Waals surface area contributed by atoms with Gasteiger partial charge >= 0.3 is 0 Å². The number of halogens is 2. The Labute approximate surface area is 152 Å². The van der Waals surface area contributed by atoms with E-state index in [1.54, 1.807) is 18.5 Å². The van der Waals surface area contributed by atoms with E-state index in [0.717, 1.165) is 28.7 Å². The van der Waals surface area contributed by atoms with Crippen LogP contribution in [0.25, 0.3) is 22.3 Å². The van der Waals surface area contributed by atoms with Crippen molar-refractivity contribution < 1.29 is 13.6 Å². The van der Waals surface area contributed by atoms with Crippen LogP contribution < -0.4 is 5.32 Å². The molecule has 0 aliphatic rings. The lowest BCUT2D eigenvalue weighted by atomic mass is 10.1. The highest BCUT2D eigenvalue weighted by Crippen LogP contribution is 2.26. The highest BCUT2D eigenvalue weighted by Gasteiger charge is 2.13. The summed E-state index contributed by atoms with van der Waals surface area (Å²) in [5, 5.41) is 3.43. The number of benzene rings is 1.